The van der Waals surface area contributed by atoms with Crippen LogP contribution in [-0.2, 0) is 9.59 Å². The van der Waals surface area contributed by atoms with Gasteiger partial charge in [-0.3, -0.25) is 9.59 Å². The van der Waals surface area contributed by atoms with E-state index in [4.69, 9.17) is 9.84 Å². The molecular weight excluding hydrogens is 374 g/mol. The van der Waals surface area contributed by atoms with Gasteiger partial charge in [0, 0.05) is 22.5 Å². The third-order valence-corrected chi connectivity index (χ3v) is 5.71. The minimum absolute atomic E-state index is 0.00817. The highest BCUT2D eigenvalue weighted by atomic mass is 79.9. The summed E-state index contributed by atoms with van der Waals surface area (Å²) in [5.74, 6) is -0.428. The molecule has 0 bridgehead atoms. The quantitative estimate of drug-likeness (QED) is 0.844. The molecule has 0 aromatic heterocycles. The van der Waals surface area contributed by atoms with Crippen molar-refractivity contribution in [3.05, 3.63) is 28.2 Å². The van der Waals surface area contributed by atoms with Crippen LogP contribution in [0.5, 0.6) is 5.75 Å². The largest absolute Gasteiger partial charge is 0.496 e. The first-order valence-electron chi connectivity index (χ1n) is 8.38. The first kappa shape index (κ1) is 17.3. The average molecular weight is 396 g/mol. The molecule has 130 valence electrons. The maximum Gasteiger partial charge on any atom is 0.306 e. The summed E-state index contributed by atoms with van der Waals surface area (Å²) in [4.78, 5) is 26.0. The molecule has 1 saturated heterocycles. The molecule has 1 aromatic carbocycles. The molecule has 2 fully saturated rings. The van der Waals surface area contributed by atoms with Crippen LogP contribution in [0.1, 0.15) is 43.7 Å². The Bertz CT molecular complexity index is 648. The molecule has 1 aromatic rings. The molecule has 0 spiro atoms. The summed E-state index contributed by atoms with van der Waals surface area (Å²) in [5, 5.41) is 9.16. The second-order valence-corrected chi connectivity index (χ2v) is 7.54. The van der Waals surface area contributed by atoms with E-state index in [-0.39, 0.29) is 23.8 Å². The van der Waals surface area contributed by atoms with E-state index in [1.807, 2.05) is 23.1 Å². The summed E-state index contributed by atoms with van der Waals surface area (Å²) in [6.45, 7) is 0.730. The Kier molecular flexibility index (Phi) is 5.13. The minimum atomic E-state index is -0.781. The van der Waals surface area contributed by atoms with Crippen LogP contribution in [0.4, 0.5) is 0 Å². The van der Waals surface area contributed by atoms with Crippen LogP contribution in [-0.4, -0.2) is 35.5 Å². The van der Waals surface area contributed by atoms with Gasteiger partial charge in [-0.25, -0.2) is 0 Å². The van der Waals surface area contributed by atoms with Crippen LogP contribution in [0.15, 0.2) is 22.7 Å². The van der Waals surface area contributed by atoms with Crippen LogP contribution in [0.2, 0.25) is 0 Å². The fourth-order valence-corrected chi connectivity index (χ4v) is 4.36. The highest BCUT2D eigenvalue weighted by Gasteiger charge is 2.40. The third kappa shape index (κ3) is 3.29. The molecule has 1 aliphatic heterocycles. The first-order chi connectivity index (χ1) is 11.5. The molecule has 0 radical (unpaired) electrons. The predicted molar refractivity (Wildman–Crippen MR) is 92.8 cm³/mol. The Morgan fingerprint density at radius 3 is 2.67 bits per heavy atom. The van der Waals surface area contributed by atoms with Crippen LogP contribution in [0.3, 0.4) is 0 Å². The number of carbonyl (C=O) groups excluding carboxylic acids is 1. The van der Waals surface area contributed by atoms with E-state index in [9.17, 15) is 9.59 Å². The van der Waals surface area contributed by atoms with Crippen LogP contribution < -0.4 is 4.74 Å². The van der Waals surface area contributed by atoms with E-state index in [2.05, 4.69) is 15.9 Å². The van der Waals surface area contributed by atoms with Crippen molar-refractivity contribution < 1.29 is 19.4 Å². The topological polar surface area (TPSA) is 66.8 Å². The molecule has 3 rings (SSSR count). The number of carboxylic acid groups (broad SMARTS) is 1. The number of likely N-dealkylation sites (tertiary alicyclic amines) is 1. The lowest BCUT2D eigenvalue weighted by Crippen LogP contribution is -2.35. The van der Waals surface area contributed by atoms with Gasteiger partial charge in [-0.05, 0) is 50.3 Å². The number of aliphatic carboxylic acids is 1. The molecular formula is C18H22BrNO4. The molecule has 1 heterocycles. The summed E-state index contributed by atoms with van der Waals surface area (Å²) < 4.78 is 6.44. The molecule has 1 amide bonds. The smallest absolute Gasteiger partial charge is 0.306 e. The average Bonchev–Trinajstić information content (AvgIpc) is 3.23. The summed E-state index contributed by atoms with van der Waals surface area (Å²) in [6.07, 6.45) is 3.61. The number of hydrogen-bond acceptors (Lipinski definition) is 3. The van der Waals surface area contributed by atoms with Gasteiger partial charge in [0.25, 0.3) is 0 Å². The van der Waals surface area contributed by atoms with Crippen molar-refractivity contribution in [3.63, 3.8) is 0 Å². The number of methoxy groups -OCH3 is 1. The van der Waals surface area contributed by atoms with E-state index >= 15 is 0 Å². The summed E-state index contributed by atoms with van der Waals surface area (Å²) in [7, 11) is 1.64. The number of halogens is 1. The lowest BCUT2D eigenvalue weighted by Gasteiger charge is -2.29. The van der Waals surface area contributed by atoms with Gasteiger partial charge in [0.1, 0.15) is 5.75 Å². The Morgan fingerprint density at radius 2 is 2.00 bits per heavy atom. The number of hydrogen-bond donors (Lipinski definition) is 1. The van der Waals surface area contributed by atoms with Gasteiger partial charge in [0.2, 0.25) is 5.91 Å². The number of rotatable bonds is 4. The molecule has 6 heteroatoms. The van der Waals surface area contributed by atoms with Crippen molar-refractivity contribution in [1.82, 2.24) is 4.90 Å². The molecule has 24 heavy (non-hydrogen) atoms. The van der Waals surface area contributed by atoms with E-state index in [1.54, 1.807) is 7.11 Å². The minimum Gasteiger partial charge on any atom is -0.496 e. The number of amides is 1. The van der Waals surface area contributed by atoms with Gasteiger partial charge in [-0.15, -0.1) is 0 Å². The number of nitrogens with zero attached hydrogens (tertiary/aromatic N) is 1. The van der Waals surface area contributed by atoms with E-state index < -0.39 is 5.97 Å². The van der Waals surface area contributed by atoms with Crippen molar-refractivity contribution >= 4 is 27.8 Å². The van der Waals surface area contributed by atoms with Gasteiger partial charge < -0.3 is 14.7 Å². The molecule has 1 aliphatic carbocycles. The van der Waals surface area contributed by atoms with Crippen molar-refractivity contribution in [3.8, 4) is 5.75 Å². The fourth-order valence-electron chi connectivity index (χ4n) is 3.98. The predicted octanol–water partition coefficient (Wildman–Crippen LogP) is 3.62. The zero-order chi connectivity index (χ0) is 17.3. The SMILES string of the molecule is COc1ccc(Br)cc1C1CCCN1C(=O)[C@@H]1CC[C@H](C(=O)O)C1. The van der Waals surface area contributed by atoms with E-state index in [0.717, 1.165) is 35.2 Å². The maximum atomic E-state index is 13.0. The highest BCUT2D eigenvalue weighted by Crippen LogP contribution is 2.41. The van der Waals surface area contributed by atoms with E-state index in [1.165, 1.54) is 0 Å². The van der Waals surface area contributed by atoms with Gasteiger partial charge in [-0.1, -0.05) is 15.9 Å². The number of carboxylic acids is 1. The molecule has 1 N–H and O–H groups in total. The van der Waals surface area contributed by atoms with Crippen molar-refractivity contribution in [2.45, 2.75) is 38.1 Å². The number of ether oxygens (including phenoxy) is 1. The number of carbonyl (C=O) groups is 2. The Labute approximate surface area is 150 Å². The normalized spacial score (nSPS) is 26.6. The van der Waals surface area contributed by atoms with Gasteiger partial charge in [0.15, 0.2) is 0 Å². The molecule has 3 atom stereocenters. The summed E-state index contributed by atoms with van der Waals surface area (Å²) in [6, 6.07) is 5.87. The van der Waals surface area contributed by atoms with Crippen LogP contribution >= 0.6 is 15.9 Å². The second kappa shape index (κ2) is 7.13. The number of benzene rings is 1. The van der Waals surface area contributed by atoms with Crippen molar-refractivity contribution in [1.29, 1.82) is 0 Å². The van der Waals surface area contributed by atoms with Crippen LogP contribution in [0, 0.1) is 11.8 Å². The standard InChI is InChI=1S/C18H22BrNO4/c1-24-16-7-6-13(19)10-14(16)15-3-2-8-20(15)17(21)11-4-5-12(9-11)18(22)23/h6-7,10-12,15H,2-5,8-9H2,1H3,(H,22,23)/t11-,12+,15?/m1/s1. The Morgan fingerprint density at radius 1 is 1.25 bits per heavy atom. The Balaban J connectivity index is 1.80. The monoisotopic (exact) mass is 395 g/mol. The molecule has 1 saturated carbocycles. The van der Waals surface area contributed by atoms with Crippen LogP contribution in [0.25, 0.3) is 0 Å². The lowest BCUT2D eigenvalue weighted by atomic mass is 10.00. The summed E-state index contributed by atoms with van der Waals surface area (Å²) in [5.41, 5.74) is 1.02. The maximum absolute atomic E-state index is 13.0. The second-order valence-electron chi connectivity index (χ2n) is 6.62. The van der Waals surface area contributed by atoms with Crippen molar-refractivity contribution in [2.24, 2.45) is 11.8 Å². The Hall–Kier alpha value is -1.56. The zero-order valence-corrected chi connectivity index (χ0v) is 15.3. The molecule has 2 aliphatic rings. The molecule has 5 nitrogen and oxygen atoms in total. The van der Waals surface area contributed by atoms with E-state index in [0.29, 0.717) is 19.3 Å². The third-order valence-electron chi connectivity index (χ3n) is 5.22. The molecule has 1 unspecified atom stereocenters. The highest BCUT2D eigenvalue weighted by molar-refractivity contribution is 9.10. The summed E-state index contributed by atoms with van der Waals surface area (Å²) >= 11 is 3.50. The fraction of sp³-hybridized carbons (Fsp3) is 0.556. The zero-order valence-electron chi connectivity index (χ0n) is 13.7. The van der Waals surface area contributed by atoms with Gasteiger partial charge in [0.05, 0.1) is 19.1 Å². The van der Waals surface area contributed by atoms with Crippen molar-refractivity contribution in [2.75, 3.05) is 13.7 Å². The van der Waals surface area contributed by atoms with Gasteiger partial charge >= 0.3 is 5.97 Å². The first-order valence-corrected chi connectivity index (χ1v) is 9.17. The lowest BCUT2D eigenvalue weighted by molar-refractivity contribution is -0.141. The van der Waals surface area contributed by atoms with Gasteiger partial charge in [-0.2, -0.15) is 0 Å².